The van der Waals surface area contributed by atoms with Gasteiger partial charge in [0.25, 0.3) is 0 Å². The maximum Gasteiger partial charge on any atom is 0.133 e. The first-order valence-corrected chi connectivity index (χ1v) is 8.76. The number of benzene rings is 1. The van der Waals surface area contributed by atoms with Crippen molar-refractivity contribution in [1.29, 1.82) is 0 Å². The highest BCUT2D eigenvalue weighted by Crippen LogP contribution is 2.45. The van der Waals surface area contributed by atoms with Gasteiger partial charge in [0.1, 0.15) is 5.78 Å². The lowest BCUT2D eigenvalue weighted by Gasteiger charge is -2.18. The number of carbonyl (C=O) groups excluding carboxylic acids is 1. The third-order valence-corrected chi connectivity index (χ3v) is 6.02. The molecule has 19 heavy (non-hydrogen) atoms. The molecule has 0 spiro atoms. The van der Waals surface area contributed by atoms with Gasteiger partial charge in [0.05, 0.1) is 0 Å². The van der Waals surface area contributed by atoms with Gasteiger partial charge in [0.2, 0.25) is 0 Å². The molecule has 0 saturated carbocycles. The Bertz CT molecular complexity index is 457. The quantitative estimate of drug-likeness (QED) is 0.773. The van der Waals surface area contributed by atoms with Crippen LogP contribution in [-0.2, 0) is 4.79 Å². The van der Waals surface area contributed by atoms with Gasteiger partial charge in [-0.1, -0.05) is 44.2 Å². The zero-order chi connectivity index (χ0) is 13.7. The van der Waals surface area contributed by atoms with Crippen molar-refractivity contribution < 1.29 is 4.79 Å². The first-order chi connectivity index (χ1) is 9.22. The van der Waals surface area contributed by atoms with E-state index in [2.05, 4.69) is 31.2 Å². The molecule has 1 atom stereocenters. The van der Waals surface area contributed by atoms with Crippen molar-refractivity contribution >= 4 is 34.9 Å². The standard InChI is InChI=1S/C16H20OS2/c1-3-14(17)11-12(2)15(16-18-9-10-19-16)13-7-5-4-6-8-13/h4-8,12H,3,9-11H2,1-2H3. The fourth-order valence-electron chi connectivity index (χ4n) is 2.28. The Morgan fingerprint density at radius 2 is 1.84 bits per heavy atom. The normalized spacial score (nSPS) is 16.4. The van der Waals surface area contributed by atoms with Crippen LogP contribution < -0.4 is 0 Å². The largest absolute Gasteiger partial charge is 0.300 e. The van der Waals surface area contributed by atoms with E-state index in [-0.39, 0.29) is 0 Å². The lowest BCUT2D eigenvalue weighted by Crippen LogP contribution is -2.07. The fraction of sp³-hybridized carbons (Fsp3) is 0.438. The molecule has 0 aromatic heterocycles. The summed E-state index contributed by atoms with van der Waals surface area (Å²) < 4.78 is 1.42. The number of rotatable bonds is 5. The van der Waals surface area contributed by atoms with Crippen LogP contribution in [0.15, 0.2) is 34.6 Å². The first kappa shape index (κ1) is 14.7. The van der Waals surface area contributed by atoms with Gasteiger partial charge in [-0.15, -0.1) is 23.5 Å². The molecule has 0 N–H and O–H groups in total. The minimum atomic E-state index is 0.308. The van der Waals surface area contributed by atoms with E-state index >= 15 is 0 Å². The third kappa shape index (κ3) is 3.90. The molecule has 1 aliphatic rings. The van der Waals surface area contributed by atoms with Crippen molar-refractivity contribution in [2.24, 2.45) is 5.92 Å². The van der Waals surface area contributed by atoms with Crippen molar-refractivity contribution in [3.8, 4) is 0 Å². The lowest BCUT2D eigenvalue weighted by atomic mass is 9.91. The molecule has 1 aromatic rings. The minimum absolute atomic E-state index is 0.308. The van der Waals surface area contributed by atoms with Crippen molar-refractivity contribution in [3.05, 3.63) is 40.1 Å². The molecule has 0 aliphatic carbocycles. The smallest absolute Gasteiger partial charge is 0.133 e. The summed E-state index contributed by atoms with van der Waals surface area (Å²) in [5.74, 6) is 3.03. The average Bonchev–Trinajstić information content (AvgIpc) is 2.94. The van der Waals surface area contributed by atoms with E-state index in [4.69, 9.17) is 0 Å². The summed E-state index contributed by atoms with van der Waals surface area (Å²) in [6.45, 7) is 4.13. The van der Waals surface area contributed by atoms with E-state index < -0.39 is 0 Å². The topological polar surface area (TPSA) is 17.1 Å². The average molecular weight is 292 g/mol. The summed E-state index contributed by atoms with van der Waals surface area (Å²) >= 11 is 3.88. The van der Waals surface area contributed by atoms with Crippen LogP contribution in [0, 0.1) is 5.92 Å². The third-order valence-electron chi connectivity index (χ3n) is 3.28. The van der Waals surface area contributed by atoms with Crippen LogP contribution in [0.25, 0.3) is 5.57 Å². The number of hydrogen-bond acceptors (Lipinski definition) is 3. The van der Waals surface area contributed by atoms with Crippen LogP contribution in [0.4, 0.5) is 0 Å². The van der Waals surface area contributed by atoms with Crippen LogP contribution in [0.2, 0.25) is 0 Å². The molecule has 1 fully saturated rings. The summed E-state index contributed by atoms with van der Waals surface area (Å²) in [5.41, 5.74) is 2.64. The van der Waals surface area contributed by atoms with Crippen molar-refractivity contribution in [2.45, 2.75) is 26.7 Å². The number of hydrogen-bond donors (Lipinski definition) is 0. The van der Waals surface area contributed by atoms with Crippen molar-refractivity contribution in [1.82, 2.24) is 0 Å². The Hall–Kier alpha value is -0.670. The number of carbonyl (C=O) groups is 1. The maximum atomic E-state index is 11.7. The molecule has 1 nitrogen and oxygen atoms in total. The molecule has 1 unspecified atom stereocenters. The van der Waals surface area contributed by atoms with Crippen LogP contribution in [0.5, 0.6) is 0 Å². The van der Waals surface area contributed by atoms with Crippen LogP contribution in [0.3, 0.4) is 0 Å². The second-order valence-electron chi connectivity index (χ2n) is 4.76. The molecule has 1 saturated heterocycles. The molecule has 0 radical (unpaired) electrons. The summed E-state index contributed by atoms with van der Waals surface area (Å²) in [5, 5.41) is 0. The summed E-state index contributed by atoms with van der Waals surface area (Å²) in [6, 6.07) is 10.5. The number of allylic oxidation sites excluding steroid dienone is 1. The predicted molar refractivity (Wildman–Crippen MR) is 87.4 cm³/mol. The highest BCUT2D eigenvalue weighted by molar-refractivity contribution is 8.25. The van der Waals surface area contributed by atoms with Gasteiger partial charge in [-0.25, -0.2) is 0 Å². The predicted octanol–water partition coefficient (Wildman–Crippen LogP) is 4.84. The van der Waals surface area contributed by atoms with Crippen molar-refractivity contribution in [3.63, 3.8) is 0 Å². The van der Waals surface area contributed by atoms with Gasteiger partial charge in [-0.05, 0) is 17.1 Å². The van der Waals surface area contributed by atoms with Gasteiger partial charge >= 0.3 is 0 Å². The number of thioether (sulfide) groups is 2. The highest BCUT2D eigenvalue weighted by atomic mass is 32.2. The monoisotopic (exact) mass is 292 g/mol. The minimum Gasteiger partial charge on any atom is -0.300 e. The van der Waals surface area contributed by atoms with Crippen molar-refractivity contribution in [2.75, 3.05) is 11.5 Å². The Morgan fingerprint density at radius 3 is 2.42 bits per heavy atom. The molecular formula is C16H20OS2. The first-order valence-electron chi connectivity index (χ1n) is 6.79. The van der Waals surface area contributed by atoms with E-state index in [0.717, 1.165) is 0 Å². The van der Waals surface area contributed by atoms with E-state index in [1.54, 1.807) is 0 Å². The SMILES string of the molecule is CCC(=O)CC(C)C(=C1SCCS1)c1ccccc1. The molecule has 0 bridgehead atoms. The summed E-state index contributed by atoms with van der Waals surface area (Å²) in [4.78, 5) is 11.7. The number of Topliss-reactive ketones (excluding diaryl/α,β-unsaturated/α-hetero) is 1. The summed E-state index contributed by atoms with van der Waals surface area (Å²) in [7, 11) is 0. The molecule has 2 rings (SSSR count). The number of ketones is 1. The molecule has 1 aliphatic heterocycles. The van der Waals surface area contributed by atoms with E-state index in [1.165, 1.54) is 26.9 Å². The van der Waals surface area contributed by atoms with E-state index in [1.807, 2.05) is 36.5 Å². The Morgan fingerprint density at radius 1 is 1.21 bits per heavy atom. The Kier molecular flexibility index (Phi) is 5.59. The van der Waals surface area contributed by atoms with Crippen LogP contribution in [0.1, 0.15) is 32.3 Å². The zero-order valence-corrected chi connectivity index (χ0v) is 13.2. The molecule has 102 valence electrons. The highest BCUT2D eigenvalue weighted by Gasteiger charge is 2.21. The second kappa shape index (κ2) is 7.20. The Labute approximate surface area is 124 Å². The van der Waals surface area contributed by atoms with Gasteiger partial charge in [-0.3, -0.25) is 4.79 Å². The molecule has 1 heterocycles. The zero-order valence-electron chi connectivity index (χ0n) is 11.5. The van der Waals surface area contributed by atoms with Gasteiger partial charge in [0.15, 0.2) is 0 Å². The summed E-state index contributed by atoms with van der Waals surface area (Å²) in [6.07, 6.45) is 1.30. The molecule has 1 aromatic carbocycles. The van der Waals surface area contributed by atoms with Gasteiger partial charge in [-0.2, -0.15) is 0 Å². The molecular weight excluding hydrogens is 272 g/mol. The maximum absolute atomic E-state index is 11.7. The van der Waals surface area contributed by atoms with Gasteiger partial charge in [0, 0.05) is 28.6 Å². The molecule has 0 amide bonds. The fourth-order valence-corrected chi connectivity index (χ4v) is 5.09. The van der Waals surface area contributed by atoms with Crippen LogP contribution >= 0.6 is 23.5 Å². The Balaban J connectivity index is 2.30. The lowest BCUT2D eigenvalue weighted by molar-refractivity contribution is -0.119. The van der Waals surface area contributed by atoms with E-state index in [0.29, 0.717) is 24.5 Å². The molecule has 3 heteroatoms. The van der Waals surface area contributed by atoms with Gasteiger partial charge < -0.3 is 0 Å². The van der Waals surface area contributed by atoms with E-state index in [9.17, 15) is 4.79 Å². The van der Waals surface area contributed by atoms with Crippen LogP contribution in [-0.4, -0.2) is 17.3 Å². The second-order valence-corrected chi connectivity index (χ2v) is 7.23.